The molecule has 2 unspecified atom stereocenters. The third kappa shape index (κ3) is 5.21. The Balaban J connectivity index is 1.78. The van der Waals surface area contributed by atoms with Gasteiger partial charge in [0.2, 0.25) is 11.8 Å². The van der Waals surface area contributed by atoms with Gasteiger partial charge in [-0.1, -0.05) is 12.8 Å². The molecule has 0 spiro atoms. The first-order valence-corrected chi connectivity index (χ1v) is 9.61. The molecule has 156 valence electrons. The van der Waals surface area contributed by atoms with Crippen molar-refractivity contribution in [1.82, 2.24) is 15.2 Å². The molecule has 0 radical (unpaired) electrons. The first kappa shape index (κ1) is 20.6. The number of nitrogens with two attached hydrogens (primary N) is 1. The van der Waals surface area contributed by atoms with Gasteiger partial charge in [-0.25, -0.2) is 4.79 Å². The lowest BCUT2D eigenvalue weighted by Crippen LogP contribution is -2.44. The first-order valence-electron chi connectivity index (χ1n) is 9.61. The quantitative estimate of drug-likeness (QED) is 0.488. The van der Waals surface area contributed by atoms with Gasteiger partial charge in [0.1, 0.15) is 12.3 Å². The van der Waals surface area contributed by atoms with Crippen molar-refractivity contribution in [2.24, 2.45) is 17.6 Å². The molecule has 29 heavy (non-hydrogen) atoms. The number of aldehydes is 1. The second-order valence-corrected chi connectivity index (χ2v) is 7.46. The largest absolute Gasteiger partial charge is 0.410 e. The lowest BCUT2D eigenvalue weighted by atomic mass is 9.98. The van der Waals surface area contributed by atoms with Crippen molar-refractivity contribution in [3.8, 4) is 5.75 Å². The maximum Gasteiger partial charge on any atom is 0.410 e. The molecule has 2 aliphatic rings. The molecule has 1 aliphatic carbocycles. The van der Waals surface area contributed by atoms with Crippen LogP contribution in [0.3, 0.4) is 0 Å². The second kappa shape index (κ2) is 8.89. The minimum atomic E-state index is -1.13. The SMILES string of the molecule is NC(=O)Oc1cccn(C(CC2CC2)C(=O)NC(C=O)C[C@@H]2CCNC2=O)c1=O. The molecule has 0 bridgehead atoms. The number of pyridine rings is 1. The Hall–Kier alpha value is -3.17. The van der Waals surface area contributed by atoms with E-state index >= 15 is 0 Å². The molecule has 3 rings (SSSR count). The normalized spacial score (nSPS) is 20.4. The van der Waals surface area contributed by atoms with Crippen molar-refractivity contribution in [2.45, 2.75) is 44.2 Å². The molecule has 2 heterocycles. The molecule has 10 nitrogen and oxygen atoms in total. The fourth-order valence-electron chi connectivity index (χ4n) is 3.54. The number of hydrogen-bond acceptors (Lipinski definition) is 6. The van der Waals surface area contributed by atoms with Crippen molar-refractivity contribution < 1.29 is 23.9 Å². The molecule has 10 heteroatoms. The van der Waals surface area contributed by atoms with Crippen LogP contribution in [-0.4, -0.2) is 41.3 Å². The number of amides is 3. The third-order valence-electron chi connectivity index (χ3n) is 5.24. The summed E-state index contributed by atoms with van der Waals surface area (Å²) in [5.41, 5.74) is 4.32. The average Bonchev–Trinajstić information content (AvgIpc) is 3.42. The van der Waals surface area contributed by atoms with Gasteiger partial charge in [-0.05, 0) is 37.3 Å². The smallest absolute Gasteiger partial charge is 0.405 e. The highest BCUT2D eigenvalue weighted by Gasteiger charge is 2.34. The molecular formula is C19H24N4O6. The summed E-state index contributed by atoms with van der Waals surface area (Å²) in [7, 11) is 0. The summed E-state index contributed by atoms with van der Waals surface area (Å²) >= 11 is 0. The first-order chi connectivity index (χ1) is 13.9. The van der Waals surface area contributed by atoms with Crippen LogP contribution in [0.25, 0.3) is 0 Å². The van der Waals surface area contributed by atoms with Crippen molar-refractivity contribution >= 4 is 24.2 Å². The van der Waals surface area contributed by atoms with Crippen molar-refractivity contribution in [1.29, 1.82) is 0 Å². The van der Waals surface area contributed by atoms with Crippen molar-refractivity contribution in [3.05, 3.63) is 28.7 Å². The van der Waals surface area contributed by atoms with E-state index in [1.165, 1.54) is 22.9 Å². The van der Waals surface area contributed by atoms with Gasteiger partial charge < -0.3 is 25.9 Å². The van der Waals surface area contributed by atoms with Crippen LogP contribution in [-0.2, 0) is 14.4 Å². The van der Waals surface area contributed by atoms with E-state index in [1.54, 1.807) is 0 Å². The minimum Gasteiger partial charge on any atom is -0.405 e. The zero-order chi connectivity index (χ0) is 21.0. The fourth-order valence-corrected chi connectivity index (χ4v) is 3.54. The minimum absolute atomic E-state index is 0.131. The molecule has 2 fully saturated rings. The van der Waals surface area contributed by atoms with Gasteiger partial charge >= 0.3 is 6.09 Å². The van der Waals surface area contributed by atoms with E-state index in [4.69, 9.17) is 10.5 Å². The number of ether oxygens (including phenoxy) is 1. The molecular weight excluding hydrogens is 380 g/mol. The summed E-state index contributed by atoms with van der Waals surface area (Å²) in [6.45, 7) is 0.551. The van der Waals surface area contributed by atoms with E-state index in [2.05, 4.69) is 10.6 Å². The van der Waals surface area contributed by atoms with Gasteiger partial charge in [-0.3, -0.25) is 19.0 Å². The molecule has 1 aromatic rings. The number of nitrogens with one attached hydrogen (secondary N) is 2. The second-order valence-electron chi connectivity index (χ2n) is 7.46. The van der Waals surface area contributed by atoms with Gasteiger partial charge in [0.05, 0.1) is 6.04 Å². The highest BCUT2D eigenvalue weighted by Crippen LogP contribution is 2.36. The summed E-state index contributed by atoms with van der Waals surface area (Å²) in [5.74, 6) is -0.932. The molecule has 3 atom stereocenters. The molecule has 0 aromatic carbocycles. The number of aromatic nitrogens is 1. The lowest BCUT2D eigenvalue weighted by Gasteiger charge is -2.23. The highest BCUT2D eigenvalue weighted by atomic mass is 16.5. The average molecular weight is 404 g/mol. The van der Waals surface area contributed by atoms with Crippen LogP contribution >= 0.6 is 0 Å². The number of carbonyl (C=O) groups is 4. The van der Waals surface area contributed by atoms with Crippen LogP contribution in [0.15, 0.2) is 23.1 Å². The zero-order valence-electron chi connectivity index (χ0n) is 15.8. The maximum absolute atomic E-state index is 13.0. The molecule has 1 aliphatic heterocycles. The van der Waals surface area contributed by atoms with Crippen LogP contribution in [0.1, 0.15) is 38.1 Å². The third-order valence-corrected chi connectivity index (χ3v) is 5.24. The van der Waals surface area contributed by atoms with E-state index in [-0.39, 0.29) is 24.0 Å². The summed E-state index contributed by atoms with van der Waals surface area (Å²) < 4.78 is 5.90. The van der Waals surface area contributed by atoms with Crippen molar-refractivity contribution in [2.75, 3.05) is 6.54 Å². The number of primary amides is 1. The molecule has 1 aromatic heterocycles. The van der Waals surface area contributed by atoms with E-state index in [0.29, 0.717) is 31.6 Å². The van der Waals surface area contributed by atoms with E-state index in [0.717, 1.165) is 12.8 Å². The summed E-state index contributed by atoms with van der Waals surface area (Å²) in [4.78, 5) is 59.9. The van der Waals surface area contributed by atoms with Crippen LogP contribution in [0.2, 0.25) is 0 Å². The number of carbonyl (C=O) groups excluding carboxylic acids is 4. The summed E-state index contributed by atoms with van der Waals surface area (Å²) in [5, 5.41) is 5.35. The number of hydrogen-bond donors (Lipinski definition) is 3. The van der Waals surface area contributed by atoms with E-state index < -0.39 is 29.6 Å². The highest BCUT2D eigenvalue weighted by molar-refractivity contribution is 5.84. The summed E-state index contributed by atoms with van der Waals surface area (Å²) in [6, 6.07) is 1.07. The maximum atomic E-state index is 13.0. The molecule has 4 N–H and O–H groups in total. The standard InChI is InChI=1S/C19H24N4O6/c20-19(28)29-15-2-1-7-23(18(15)27)14(8-11-3-4-11)17(26)22-13(10-24)9-12-5-6-21-16(12)25/h1-2,7,10-14H,3-6,8-9H2,(H2,20,28)(H,21,25)(H,22,26)/t12-,13?,14?/m0/s1. The zero-order valence-corrected chi connectivity index (χ0v) is 15.8. The van der Waals surface area contributed by atoms with Crippen molar-refractivity contribution in [3.63, 3.8) is 0 Å². The predicted octanol–water partition coefficient (Wildman–Crippen LogP) is -0.143. The van der Waals surface area contributed by atoms with E-state index in [1.807, 2.05) is 0 Å². The lowest BCUT2D eigenvalue weighted by molar-refractivity contribution is -0.128. The fraction of sp³-hybridized carbons (Fsp3) is 0.526. The van der Waals surface area contributed by atoms with Crippen LogP contribution in [0, 0.1) is 11.8 Å². The van der Waals surface area contributed by atoms with Gasteiger partial charge in [-0.2, -0.15) is 0 Å². The Morgan fingerprint density at radius 3 is 2.66 bits per heavy atom. The van der Waals surface area contributed by atoms with Gasteiger partial charge in [-0.15, -0.1) is 0 Å². The van der Waals surface area contributed by atoms with Crippen LogP contribution < -0.4 is 26.7 Å². The topological polar surface area (TPSA) is 150 Å². The van der Waals surface area contributed by atoms with Gasteiger partial charge in [0.25, 0.3) is 5.56 Å². The number of nitrogens with zero attached hydrogens (tertiary/aromatic N) is 1. The monoisotopic (exact) mass is 404 g/mol. The Bertz CT molecular complexity index is 863. The number of rotatable bonds is 9. The molecule has 1 saturated carbocycles. The van der Waals surface area contributed by atoms with E-state index in [9.17, 15) is 24.0 Å². The predicted molar refractivity (Wildman–Crippen MR) is 101 cm³/mol. The van der Waals surface area contributed by atoms with Gasteiger partial charge in [0, 0.05) is 18.7 Å². The Morgan fingerprint density at radius 2 is 2.07 bits per heavy atom. The Kier molecular flexibility index (Phi) is 6.30. The Labute approximate surface area is 166 Å². The van der Waals surface area contributed by atoms with Gasteiger partial charge in [0.15, 0.2) is 5.75 Å². The van der Waals surface area contributed by atoms with Crippen LogP contribution in [0.4, 0.5) is 4.79 Å². The van der Waals surface area contributed by atoms with Crippen LogP contribution in [0.5, 0.6) is 5.75 Å². The molecule has 1 saturated heterocycles. The molecule has 3 amide bonds. The Morgan fingerprint density at radius 1 is 1.31 bits per heavy atom. The summed E-state index contributed by atoms with van der Waals surface area (Å²) in [6.07, 6.45) is 4.05.